The highest BCUT2D eigenvalue weighted by molar-refractivity contribution is 9.10. The third-order valence-corrected chi connectivity index (χ3v) is 3.64. The zero-order valence-corrected chi connectivity index (χ0v) is 14.2. The van der Waals surface area contributed by atoms with Gasteiger partial charge in [-0.05, 0) is 43.7 Å². The number of aryl methyl sites for hydroxylation is 1. The number of halogens is 1. The predicted molar refractivity (Wildman–Crippen MR) is 92.3 cm³/mol. The average Bonchev–Trinajstić information content (AvgIpc) is 2.49. The van der Waals surface area contributed by atoms with Crippen LogP contribution in [0.1, 0.15) is 18.1 Å². The Morgan fingerprint density at radius 2 is 2.00 bits per heavy atom. The second kappa shape index (κ2) is 7.84. The second-order valence-corrected chi connectivity index (χ2v) is 5.72. The van der Waals surface area contributed by atoms with Gasteiger partial charge in [0.15, 0.2) is 0 Å². The molecule has 0 heterocycles. The molecule has 2 rings (SSSR count). The van der Waals surface area contributed by atoms with Crippen LogP contribution in [-0.2, 0) is 6.54 Å². The van der Waals surface area contributed by atoms with E-state index in [0.29, 0.717) is 13.2 Å². The summed E-state index contributed by atoms with van der Waals surface area (Å²) >= 11 is 3.40. The molecule has 2 aromatic rings. The Kier molecular flexibility index (Phi) is 5.83. The topological polar surface area (TPSA) is 50.4 Å². The molecular weight excluding hydrogens is 344 g/mol. The van der Waals surface area contributed by atoms with Crippen LogP contribution in [0.3, 0.4) is 0 Å². The summed E-state index contributed by atoms with van der Waals surface area (Å²) in [6.45, 7) is 4.90. The molecular formula is C17H19BrN2O2. The molecule has 5 heteroatoms. The highest BCUT2D eigenvalue weighted by Gasteiger charge is 2.07. The third kappa shape index (κ3) is 4.49. The molecule has 2 aromatic carbocycles. The van der Waals surface area contributed by atoms with E-state index in [1.807, 2.05) is 56.3 Å². The zero-order chi connectivity index (χ0) is 15.9. The van der Waals surface area contributed by atoms with Crippen molar-refractivity contribution >= 4 is 27.6 Å². The largest absolute Gasteiger partial charge is 0.494 e. The van der Waals surface area contributed by atoms with Crippen LogP contribution < -0.4 is 15.4 Å². The SMILES string of the molecule is CCOc1ccccc1CNC(=O)Nc1ccc(Br)cc1C. The van der Waals surface area contributed by atoms with E-state index in [9.17, 15) is 4.79 Å². The number of nitrogens with one attached hydrogen (secondary N) is 2. The van der Waals surface area contributed by atoms with Crippen LogP contribution >= 0.6 is 15.9 Å². The summed E-state index contributed by atoms with van der Waals surface area (Å²) in [5.74, 6) is 0.796. The Labute approximate surface area is 139 Å². The Hall–Kier alpha value is -2.01. The first-order valence-corrected chi connectivity index (χ1v) is 7.91. The third-order valence-electron chi connectivity index (χ3n) is 3.15. The number of anilines is 1. The van der Waals surface area contributed by atoms with Crippen molar-refractivity contribution in [2.24, 2.45) is 0 Å². The number of carbonyl (C=O) groups is 1. The van der Waals surface area contributed by atoms with Crippen LogP contribution in [0.25, 0.3) is 0 Å². The molecule has 0 fully saturated rings. The molecule has 0 aliphatic heterocycles. The normalized spacial score (nSPS) is 10.1. The molecule has 0 bridgehead atoms. The van der Waals surface area contributed by atoms with E-state index in [1.54, 1.807) is 0 Å². The minimum atomic E-state index is -0.239. The minimum absolute atomic E-state index is 0.239. The smallest absolute Gasteiger partial charge is 0.319 e. The minimum Gasteiger partial charge on any atom is -0.494 e. The lowest BCUT2D eigenvalue weighted by Gasteiger charge is -2.12. The standard InChI is InChI=1S/C17H19BrN2O2/c1-3-22-16-7-5-4-6-13(16)11-19-17(21)20-15-9-8-14(18)10-12(15)2/h4-10H,3,11H2,1-2H3,(H2,19,20,21). The molecule has 4 nitrogen and oxygen atoms in total. The number of para-hydroxylation sites is 1. The van der Waals surface area contributed by atoms with E-state index in [-0.39, 0.29) is 6.03 Å². The van der Waals surface area contributed by atoms with Gasteiger partial charge in [-0.15, -0.1) is 0 Å². The first-order chi connectivity index (χ1) is 10.6. The van der Waals surface area contributed by atoms with Crippen LogP contribution in [0.2, 0.25) is 0 Å². The van der Waals surface area contributed by atoms with Gasteiger partial charge in [0, 0.05) is 22.3 Å². The maximum absolute atomic E-state index is 12.0. The Morgan fingerprint density at radius 1 is 1.23 bits per heavy atom. The van der Waals surface area contributed by atoms with E-state index < -0.39 is 0 Å². The number of amides is 2. The van der Waals surface area contributed by atoms with Crippen molar-refractivity contribution in [1.82, 2.24) is 5.32 Å². The van der Waals surface area contributed by atoms with Crippen LogP contribution in [0.4, 0.5) is 10.5 Å². The van der Waals surface area contributed by atoms with Crippen LogP contribution in [0, 0.1) is 6.92 Å². The summed E-state index contributed by atoms with van der Waals surface area (Å²) in [6, 6.07) is 13.2. The van der Waals surface area contributed by atoms with E-state index >= 15 is 0 Å². The quantitative estimate of drug-likeness (QED) is 0.823. The van der Waals surface area contributed by atoms with E-state index in [0.717, 1.165) is 27.0 Å². The molecule has 116 valence electrons. The van der Waals surface area contributed by atoms with Crippen molar-refractivity contribution < 1.29 is 9.53 Å². The molecule has 0 unspecified atom stereocenters. The first-order valence-electron chi connectivity index (χ1n) is 7.12. The van der Waals surface area contributed by atoms with Gasteiger partial charge in [0.1, 0.15) is 5.75 Å². The molecule has 0 spiro atoms. The lowest BCUT2D eigenvalue weighted by molar-refractivity contribution is 0.251. The summed E-state index contributed by atoms with van der Waals surface area (Å²) < 4.78 is 6.53. The van der Waals surface area contributed by atoms with Crippen LogP contribution in [0.5, 0.6) is 5.75 Å². The molecule has 2 amide bonds. The van der Waals surface area contributed by atoms with Gasteiger partial charge in [0.05, 0.1) is 6.61 Å². The van der Waals surface area contributed by atoms with Crippen LogP contribution in [-0.4, -0.2) is 12.6 Å². The summed E-state index contributed by atoms with van der Waals surface area (Å²) in [7, 11) is 0. The summed E-state index contributed by atoms with van der Waals surface area (Å²) in [6.07, 6.45) is 0. The number of carbonyl (C=O) groups excluding carboxylic acids is 1. The number of hydrogen-bond donors (Lipinski definition) is 2. The van der Waals surface area contributed by atoms with Crippen LogP contribution in [0.15, 0.2) is 46.9 Å². The number of benzene rings is 2. The molecule has 2 N–H and O–H groups in total. The van der Waals surface area contributed by atoms with E-state index in [4.69, 9.17) is 4.74 Å². The van der Waals surface area contributed by atoms with Gasteiger partial charge in [-0.2, -0.15) is 0 Å². The van der Waals surface area contributed by atoms with Gasteiger partial charge < -0.3 is 15.4 Å². The van der Waals surface area contributed by atoms with Gasteiger partial charge in [0.25, 0.3) is 0 Å². The molecule has 0 atom stereocenters. The number of ether oxygens (including phenoxy) is 1. The highest BCUT2D eigenvalue weighted by Crippen LogP contribution is 2.20. The van der Waals surface area contributed by atoms with Crippen molar-refractivity contribution in [2.75, 3.05) is 11.9 Å². The fraction of sp³-hybridized carbons (Fsp3) is 0.235. The van der Waals surface area contributed by atoms with Gasteiger partial charge in [-0.1, -0.05) is 34.1 Å². The fourth-order valence-corrected chi connectivity index (χ4v) is 2.53. The average molecular weight is 363 g/mol. The lowest BCUT2D eigenvalue weighted by Crippen LogP contribution is -2.28. The fourth-order valence-electron chi connectivity index (χ4n) is 2.06. The molecule has 0 radical (unpaired) electrons. The van der Waals surface area contributed by atoms with Crippen molar-refractivity contribution in [3.05, 3.63) is 58.1 Å². The van der Waals surface area contributed by atoms with Crippen molar-refractivity contribution in [1.29, 1.82) is 0 Å². The van der Waals surface area contributed by atoms with Crippen molar-refractivity contribution in [3.8, 4) is 5.75 Å². The Morgan fingerprint density at radius 3 is 2.73 bits per heavy atom. The second-order valence-electron chi connectivity index (χ2n) is 4.81. The highest BCUT2D eigenvalue weighted by atomic mass is 79.9. The van der Waals surface area contributed by atoms with E-state index in [2.05, 4.69) is 26.6 Å². The molecule has 0 saturated heterocycles. The Balaban J connectivity index is 1.95. The number of hydrogen-bond acceptors (Lipinski definition) is 2. The van der Waals surface area contributed by atoms with Gasteiger partial charge in [-0.25, -0.2) is 4.79 Å². The van der Waals surface area contributed by atoms with Gasteiger partial charge in [0.2, 0.25) is 0 Å². The lowest BCUT2D eigenvalue weighted by atomic mass is 10.2. The predicted octanol–water partition coefficient (Wildman–Crippen LogP) is 4.48. The van der Waals surface area contributed by atoms with E-state index in [1.165, 1.54) is 0 Å². The molecule has 0 aliphatic rings. The first kappa shape index (κ1) is 16.4. The van der Waals surface area contributed by atoms with Crippen molar-refractivity contribution in [3.63, 3.8) is 0 Å². The summed E-state index contributed by atoms with van der Waals surface area (Å²) in [5.41, 5.74) is 2.74. The zero-order valence-electron chi connectivity index (χ0n) is 12.7. The number of urea groups is 1. The molecule has 22 heavy (non-hydrogen) atoms. The molecule has 0 saturated carbocycles. The maximum atomic E-state index is 12.0. The summed E-state index contributed by atoms with van der Waals surface area (Å²) in [4.78, 5) is 12.0. The number of rotatable bonds is 5. The van der Waals surface area contributed by atoms with Crippen molar-refractivity contribution in [2.45, 2.75) is 20.4 Å². The summed E-state index contributed by atoms with van der Waals surface area (Å²) in [5, 5.41) is 5.69. The van der Waals surface area contributed by atoms with Gasteiger partial charge in [-0.3, -0.25) is 0 Å². The monoisotopic (exact) mass is 362 g/mol. The van der Waals surface area contributed by atoms with Gasteiger partial charge >= 0.3 is 6.03 Å². The molecule has 0 aromatic heterocycles. The Bertz CT molecular complexity index is 659. The molecule has 0 aliphatic carbocycles. The maximum Gasteiger partial charge on any atom is 0.319 e.